The molecule has 2 aromatic carbocycles. The number of carbonyl (C=O) groups excluding carboxylic acids is 1. The third kappa shape index (κ3) is 1.90. The number of hydrogen-bond donors (Lipinski definition) is 1. The smallest absolute Gasteiger partial charge is 0.235 e. The molecule has 0 saturated carbocycles. The van der Waals surface area contributed by atoms with Gasteiger partial charge in [-0.25, -0.2) is 4.39 Å². The minimum Gasteiger partial charge on any atom is -0.325 e. The van der Waals surface area contributed by atoms with E-state index in [0.717, 1.165) is 16.7 Å². The third-order valence-electron chi connectivity index (χ3n) is 4.13. The van der Waals surface area contributed by atoms with E-state index in [1.807, 2.05) is 38.1 Å². The summed E-state index contributed by atoms with van der Waals surface area (Å²) in [5.41, 5.74) is 3.00. The van der Waals surface area contributed by atoms with Crippen molar-refractivity contribution in [2.24, 2.45) is 0 Å². The van der Waals surface area contributed by atoms with Crippen molar-refractivity contribution in [3.63, 3.8) is 0 Å². The summed E-state index contributed by atoms with van der Waals surface area (Å²) in [6.45, 7) is 3.90. The maximum absolute atomic E-state index is 13.5. The van der Waals surface area contributed by atoms with Crippen LogP contribution in [0.1, 0.15) is 23.6 Å². The van der Waals surface area contributed by atoms with Gasteiger partial charge in [0.05, 0.1) is 5.41 Å². The molecule has 20 heavy (non-hydrogen) atoms. The van der Waals surface area contributed by atoms with Gasteiger partial charge in [0.2, 0.25) is 5.91 Å². The summed E-state index contributed by atoms with van der Waals surface area (Å²) in [6.07, 6.45) is 0.571. The first-order valence-electron chi connectivity index (χ1n) is 6.67. The molecular formula is C17H16FNO. The highest BCUT2D eigenvalue weighted by molar-refractivity contribution is 6.06. The van der Waals surface area contributed by atoms with Crippen LogP contribution in [-0.2, 0) is 16.6 Å². The van der Waals surface area contributed by atoms with Crippen molar-refractivity contribution >= 4 is 11.6 Å². The highest BCUT2D eigenvalue weighted by atomic mass is 19.1. The van der Waals surface area contributed by atoms with E-state index >= 15 is 0 Å². The number of nitrogens with one attached hydrogen (secondary N) is 1. The zero-order chi connectivity index (χ0) is 14.3. The van der Waals surface area contributed by atoms with Crippen molar-refractivity contribution < 1.29 is 9.18 Å². The quantitative estimate of drug-likeness (QED) is 0.887. The summed E-state index contributed by atoms with van der Waals surface area (Å²) in [5.74, 6) is -0.377. The molecule has 1 aliphatic rings. The van der Waals surface area contributed by atoms with E-state index < -0.39 is 5.41 Å². The van der Waals surface area contributed by atoms with E-state index in [1.54, 1.807) is 6.07 Å². The molecule has 0 saturated heterocycles. The Balaban J connectivity index is 2.07. The molecule has 0 bridgehead atoms. The van der Waals surface area contributed by atoms with Crippen LogP contribution in [0.4, 0.5) is 10.1 Å². The standard InChI is InChI=1S/C17H16FNO/c1-11-5-3-4-6-12(11)10-17(2)14-9-13(18)7-8-15(14)19-16(17)20/h3-9H,10H2,1-2H3,(H,19,20). The lowest BCUT2D eigenvalue weighted by molar-refractivity contribution is -0.120. The number of fused-ring (bicyclic) bond motifs is 1. The number of rotatable bonds is 2. The number of benzene rings is 2. The average Bonchev–Trinajstić information content (AvgIpc) is 2.65. The van der Waals surface area contributed by atoms with Crippen LogP contribution < -0.4 is 5.32 Å². The van der Waals surface area contributed by atoms with Gasteiger partial charge in [-0.1, -0.05) is 24.3 Å². The second-order valence-corrected chi connectivity index (χ2v) is 5.58. The van der Waals surface area contributed by atoms with Crippen molar-refractivity contribution in [2.45, 2.75) is 25.7 Å². The fraction of sp³-hybridized carbons (Fsp3) is 0.235. The van der Waals surface area contributed by atoms with Crippen molar-refractivity contribution in [3.05, 3.63) is 65.0 Å². The van der Waals surface area contributed by atoms with Gasteiger partial charge in [-0.15, -0.1) is 0 Å². The first kappa shape index (κ1) is 12.9. The first-order chi connectivity index (χ1) is 9.50. The second kappa shape index (κ2) is 4.44. The van der Waals surface area contributed by atoms with Gasteiger partial charge in [-0.2, -0.15) is 0 Å². The number of amides is 1. The zero-order valence-corrected chi connectivity index (χ0v) is 11.5. The van der Waals surface area contributed by atoms with E-state index in [4.69, 9.17) is 0 Å². The molecule has 0 radical (unpaired) electrons. The Morgan fingerprint density at radius 3 is 2.70 bits per heavy atom. The summed E-state index contributed by atoms with van der Waals surface area (Å²) in [4.78, 5) is 12.3. The normalized spacial score (nSPS) is 20.6. The number of hydrogen-bond acceptors (Lipinski definition) is 1. The van der Waals surface area contributed by atoms with Gasteiger partial charge < -0.3 is 5.32 Å². The number of aryl methyl sites for hydroxylation is 1. The number of anilines is 1. The molecule has 1 N–H and O–H groups in total. The van der Waals surface area contributed by atoms with Crippen LogP contribution in [0.15, 0.2) is 42.5 Å². The maximum Gasteiger partial charge on any atom is 0.235 e. The molecule has 0 aromatic heterocycles. The molecule has 1 unspecified atom stereocenters. The van der Waals surface area contributed by atoms with E-state index in [1.165, 1.54) is 12.1 Å². The molecule has 2 nitrogen and oxygen atoms in total. The zero-order valence-electron chi connectivity index (χ0n) is 11.5. The summed E-state index contributed by atoms with van der Waals surface area (Å²) < 4.78 is 13.5. The minimum absolute atomic E-state index is 0.0682. The molecule has 1 aliphatic heterocycles. The Morgan fingerprint density at radius 2 is 1.95 bits per heavy atom. The molecule has 0 fully saturated rings. The summed E-state index contributed by atoms with van der Waals surface area (Å²) >= 11 is 0. The van der Waals surface area contributed by atoms with Crippen molar-refractivity contribution in [1.82, 2.24) is 0 Å². The van der Waals surface area contributed by atoms with Crippen LogP contribution in [0.25, 0.3) is 0 Å². The Labute approximate surface area is 117 Å². The molecule has 0 aliphatic carbocycles. The highest BCUT2D eigenvalue weighted by Gasteiger charge is 2.43. The molecule has 1 atom stereocenters. The first-order valence-corrected chi connectivity index (χ1v) is 6.67. The molecule has 0 spiro atoms. The Morgan fingerprint density at radius 1 is 1.20 bits per heavy atom. The third-order valence-corrected chi connectivity index (χ3v) is 4.13. The van der Waals surface area contributed by atoms with Crippen LogP contribution in [0.3, 0.4) is 0 Å². The van der Waals surface area contributed by atoms with Gasteiger partial charge in [0.25, 0.3) is 0 Å². The molecule has 1 amide bonds. The summed E-state index contributed by atoms with van der Waals surface area (Å²) in [6, 6.07) is 12.5. The van der Waals surface area contributed by atoms with Crippen LogP contribution in [-0.4, -0.2) is 5.91 Å². The largest absolute Gasteiger partial charge is 0.325 e. The van der Waals surface area contributed by atoms with Crippen molar-refractivity contribution in [1.29, 1.82) is 0 Å². The highest BCUT2D eigenvalue weighted by Crippen LogP contribution is 2.40. The fourth-order valence-electron chi connectivity index (χ4n) is 2.83. The summed E-state index contributed by atoms with van der Waals surface area (Å²) in [7, 11) is 0. The molecule has 1 heterocycles. The topological polar surface area (TPSA) is 29.1 Å². The van der Waals surface area contributed by atoms with Gasteiger partial charge in [-0.3, -0.25) is 4.79 Å². The van der Waals surface area contributed by atoms with Crippen molar-refractivity contribution in [3.8, 4) is 0 Å². The molecule has 3 heteroatoms. The Kier molecular flexibility index (Phi) is 2.85. The van der Waals surface area contributed by atoms with Crippen LogP contribution in [0, 0.1) is 12.7 Å². The minimum atomic E-state index is -0.719. The van der Waals surface area contributed by atoms with Crippen LogP contribution >= 0.6 is 0 Å². The number of halogens is 1. The molecule has 3 rings (SSSR count). The SMILES string of the molecule is Cc1ccccc1CC1(C)C(=O)Nc2ccc(F)cc21. The average molecular weight is 269 g/mol. The van der Waals surface area contributed by atoms with E-state index in [9.17, 15) is 9.18 Å². The molecule has 102 valence electrons. The Hall–Kier alpha value is -2.16. The van der Waals surface area contributed by atoms with Crippen LogP contribution in [0.5, 0.6) is 0 Å². The van der Waals surface area contributed by atoms with Gasteiger partial charge in [-0.05, 0) is 55.2 Å². The van der Waals surface area contributed by atoms with Crippen LogP contribution in [0.2, 0.25) is 0 Å². The predicted octanol–water partition coefficient (Wildman–Crippen LogP) is 3.59. The lowest BCUT2D eigenvalue weighted by atomic mass is 9.77. The summed E-state index contributed by atoms with van der Waals surface area (Å²) in [5, 5.41) is 2.85. The maximum atomic E-state index is 13.5. The van der Waals surface area contributed by atoms with Gasteiger partial charge in [0.1, 0.15) is 5.82 Å². The lowest BCUT2D eigenvalue weighted by Crippen LogP contribution is -2.33. The van der Waals surface area contributed by atoms with E-state index in [-0.39, 0.29) is 11.7 Å². The van der Waals surface area contributed by atoms with Crippen molar-refractivity contribution in [2.75, 3.05) is 5.32 Å². The van der Waals surface area contributed by atoms with Gasteiger partial charge in [0, 0.05) is 5.69 Å². The van der Waals surface area contributed by atoms with Gasteiger partial charge >= 0.3 is 0 Å². The second-order valence-electron chi connectivity index (χ2n) is 5.58. The molecular weight excluding hydrogens is 253 g/mol. The fourth-order valence-corrected chi connectivity index (χ4v) is 2.83. The Bertz CT molecular complexity index is 695. The lowest BCUT2D eigenvalue weighted by Gasteiger charge is -2.23. The monoisotopic (exact) mass is 269 g/mol. The van der Waals surface area contributed by atoms with Gasteiger partial charge in [0.15, 0.2) is 0 Å². The number of carbonyl (C=O) groups is 1. The predicted molar refractivity (Wildman–Crippen MR) is 77.3 cm³/mol. The van der Waals surface area contributed by atoms with E-state index in [0.29, 0.717) is 12.1 Å². The molecule has 2 aromatic rings. The van der Waals surface area contributed by atoms with E-state index in [2.05, 4.69) is 5.32 Å².